The summed E-state index contributed by atoms with van der Waals surface area (Å²) in [6.45, 7) is 22.8. The molecule has 26 atom stereocenters. The fourth-order valence-electron chi connectivity index (χ4n) is 16.0. The molecule has 18 nitrogen and oxygen atoms in total. The lowest BCUT2D eigenvalue weighted by molar-refractivity contribution is -0.360. The number of ketones is 2. The molecule has 2 bridgehead atoms. The number of aliphatic hydroxyl groups is 7. The van der Waals surface area contributed by atoms with Gasteiger partial charge >= 0.3 is 5.97 Å². The molecule has 4 aliphatic heterocycles. The minimum atomic E-state index is -1.63. The van der Waals surface area contributed by atoms with Crippen LogP contribution in [0.5, 0.6) is 0 Å². The summed E-state index contributed by atoms with van der Waals surface area (Å²) in [5, 5.41) is 80.4. The van der Waals surface area contributed by atoms with Gasteiger partial charge in [0.1, 0.15) is 47.6 Å². The molecule has 18 heteroatoms. The van der Waals surface area contributed by atoms with Gasteiger partial charge in [-0.05, 0) is 90.4 Å². The number of fused-ring (bicyclic) bond motifs is 4. The van der Waals surface area contributed by atoms with Crippen LogP contribution in [0.25, 0.3) is 0 Å². The van der Waals surface area contributed by atoms with Crippen LogP contribution in [0.3, 0.4) is 0 Å². The molecule has 0 aromatic heterocycles. The molecular weight excluding hydrogens is 1020 g/mol. The summed E-state index contributed by atoms with van der Waals surface area (Å²) in [5.41, 5.74) is -1.65. The minimum absolute atomic E-state index is 0.00262. The van der Waals surface area contributed by atoms with Crippen LogP contribution in [-0.4, -0.2) is 165 Å². The number of hydrogen-bond donors (Lipinski definition) is 7. The van der Waals surface area contributed by atoms with E-state index in [1.54, 1.807) is 20.8 Å². The monoisotopic (exact) mass is 1110 g/mol. The Bertz CT molecular complexity index is 2320. The van der Waals surface area contributed by atoms with Gasteiger partial charge in [-0.25, -0.2) is 4.79 Å². The second kappa shape index (κ2) is 24.3. The smallest absolute Gasteiger partial charge is 0.346 e. The standard InChI is InChI=1S/C61H94O18/c1-14-38-21-37(27-62)19-30(5)51(76-45-24-43(66)52(35(10)74-45)78-58-50(68)54(72-13)53(36(11)75-58)77-44-23-42(65)49(67)34(9)73-44)28(3)17-16-18-59(12)25-31(6)32(7)26-61(59)56(70)46(57(71)79-61)55(69)60(15-2)47(38)29(4)20-39-41(64)22-40(63)33(8)48(39)60/h20-21,25,28,30,32-37,39,41-45,47-54,58,62,64-69H,14-19,22-24,26-27H2,1-13H3/b38-21-,55-46-/t28-,30-,32-,33+,34-,35-,36-,37-,39-,41+,42+,43-,44+,45-,47+,48-,49-,50-,51-,52+,53+,54+,58+,59-,60-,61-/m1/s1. The molecular formula is C61H94O18. The second-order valence-electron chi connectivity index (χ2n) is 25.5. The molecule has 79 heavy (non-hydrogen) atoms. The van der Waals surface area contributed by atoms with Gasteiger partial charge in [0, 0.05) is 73.9 Å². The molecule has 4 aliphatic carbocycles. The van der Waals surface area contributed by atoms with Gasteiger partial charge in [0.05, 0.1) is 42.7 Å². The molecule has 0 aromatic rings. The molecule has 446 valence electrons. The summed E-state index contributed by atoms with van der Waals surface area (Å²) in [6.07, 6.45) is -4.99. The van der Waals surface area contributed by atoms with Gasteiger partial charge in [0.25, 0.3) is 0 Å². The van der Waals surface area contributed by atoms with Gasteiger partial charge in [0.2, 0.25) is 5.78 Å². The molecule has 1 saturated carbocycles. The van der Waals surface area contributed by atoms with E-state index in [9.17, 15) is 45.3 Å². The SMILES string of the molecule is CC/C1=C/[C@H](CO)C[C@@H](C)[C@H](O[C@@H]2C[C@@H](O)[C@@H](O[C@@H]3O[C@H](C)[C@H](O[C@H]4C[C@H](O)[C@H](O)[C@@H](C)O4)[C@@H](OC)[C@H]3O)[C@@H](C)O2)[C@H](C)CCC[C@]2(C)C=C(C)[C@H](C)C[C@]23OC(=O)/C(=C(\O)[C@@]2(CC)[C@H]4[C@H](C=C(C)[C@@H]12)[C@@H](O)CC(=O)[C@@H]4C)C3=O. The highest BCUT2D eigenvalue weighted by Crippen LogP contribution is 2.64. The molecule has 8 rings (SSSR count). The largest absolute Gasteiger partial charge is 0.511 e. The fraction of sp³-hybridized carbons (Fsp3) is 0.820. The number of carbonyl (C=O) groups is 3. The Balaban J connectivity index is 1.10. The molecule has 8 aliphatic rings. The molecule has 5 fully saturated rings. The van der Waals surface area contributed by atoms with E-state index in [1.165, 1.54) is 7.11 Å². The van der Waals surface area contributed by atoms with E-state index in [4.69, 9.17) is 37.9 Å². The van der Waals surface area contributed by atoms with Gasteiger partial charge < -0.3 is 73.6 Å². The first kappa shape index (κ1) is 62.1. The van der Waals surface area contributed by atoms with Crippen molar-refractivity contribution in [3.8, 4) is 0 Å². The number of aliphatic hydroxyl groups excluding tert-OH is 7. The van der Waals surface area contributed by atoms with E-state index in [2.05, 4.69) is 26.0 Å². The maximum absolute atomic E-state index is 15.7. The number of ether oxygens (including phenoxy) is 8. The summed E-state index contributed by atoms with van der Waals surface area (Å²) in [6, 6.07) is 0. The third-order valence-corrected chi connectivity index (χ3v) is 20.4. The van der Waals surface area contributed by atoms with E-state index in [0.29, 0.717) is 32.1 Å². The Kier molecular flexibility index (Phi) is 19.1. The van der Waals surface area contributed by atoms with Gasteiger partial charge in [-0.3, -0.25) is 9.59 Å². The average Bonchev–Trinajstić information content (AvgIpc) is 3.87. The Hall–Kier alpha value is -2.95. The topological polar surface area (TPSA) is 267 Å². The third-order valence-electron chi connectivity index (χ3n) is 20.4. The van der Waals surface area contributed by atoms with Gasteiger partial charge in [-0.1, -0.05) is 89.8 Å². The quantitative estimate of drug-likeness (QED) is 0.0724. The number of hydrogen-bond acceptors (Lipinski definition) is 18. The molecule has 0 amide bonds. The molecule has 7 N–H and O–H groups in total. The van der Waals surface area contributed by atoms with Crippen LogP contribution in [0.1, 0.15) is 147 Å². The Morgan fingerprint density at radius 3 is 2.00 bits per heavy atom. The van der Waals surface area contributed by atoms with Crippen molar-refractivity contribution in [1.82, 2.24) is 0 Å². The average molecular weight is 1120 g/mol. The molecule has 4 saturated heterocycles. The zero-order chi connectivity index (χ0) is 58.0. The van der Waals surface area contributed by atoms with Crippen molar-refractivity contribution in [3.63, 3.8) is 0 Å². The molecule has 0 unspecified atom stereocenters. The Labute approximate surface area is 467 Å². The van der Waals surface area contributed by atoms with Crippen molar-refractivity contribution in [3.05, 3.63) is 46.3 Å². The van der Waals surface area contributed by atoms with Crippen LogP contribution in [0.15, 0.2) is 46.3 Å². The van der Waals surface area contributed by atoms with Crippen molar-refractivity contribution in [2.45, 2.75) is 245 Å². The zero-order valence-electron chi connectivity index (χ0n) is 48.9. The van der Waals surface area contributed by atoms with Crippen molar-refractivity contribution in [2.24, 2.45) is 58.2 Å². The predicted octanol–water partition coefficient (Wildman–Crippen LogP) is 6.25. The minimum Gasteiger partial charge on any atom is -0.511 e. The van der Waals surface area contributed by atoms with Crippen molar-refractivity contribution >= 4 is 17.5 Å². The van der Waals surface area contributed by atoms with E-state index >= 15 is 4.79 Å². The Morgan fingerprint density at radius 1 is 0.734 bits per heavy atom. The van der Waals surface area contributed by atoms with Crippen molar-refractivity contribution in [1.29, 1.82) is 0 Å². The normalized spacial score (nSPS) is 50.0. The Morgan fingerprint density at radius 2 is 1.38 bits per heavy atom. The number of methoxy groups -OCH3 is 1. The maximum atomic E-state index is 15.7. The van der Waals surface area contributed by atoms with E-state index in [0.717, 1.165) is 16.7 Å². The first-order chi connectivity index (χ1) is 37.2. The first-order valence-electron chi connectivity index (χ1n) is 29.5. The summed E-state index contributed by atoms with van der Waals surface area (Å²) >= 11 is 0. The lowest BCUT2D eigenvalue weighted by atomic mass is 9.47. The van der Waals surface area contributed by atoms with Crippen LogP contribution in [0, 0.1) is 58.2 Å². The molecule has 0 radical (unpaired) electrons. The van der Waals surface area contributed by atoms with Crippen LogP contribution >= 0.6 is 0 Å². The van der Waals surface area contributed by atoms with E-state index < -0.39 is 150 Å². The predicted molar refractivity (Wildman–Crippen MR) is 288 cm³/mol. The highest BCUT2D eigenvalue weighted by atomic mass is 16.8. The lowest BCUT2D eigenvalue weighted by Gasteiger charge is -2.56. The summed E-state index contributed by atoms with van der Waals surface area (Å²) < 4.78 is 50.3. The highest BCUT2D eigenvalue weighted by Gasteiger charge is 2.67. The van der Waals surface area contributed by atoms with Gasteiger partial charge in [-0.15, -0.1) is 0 Å². The van der Waals surface area contributed by atoms with Crippen LogP contribution < -0.4 is 0 Å². The van der Waals surface area contributed by atoms with Gasteiger partial charge in [-0.2, -0.15) is 0 Å². The molecule has 4 heterocycles. The maximum Gasteiger partial charge on any atom is 0.346 e. The van der Waals surface area contributed by atoms with E-state index in [1.807, 2.05) is 54.5 Å². The number of carbonyl (C=O) groups excluding carboxylic acids is 3. The summed E-state index contributed by atoms with van der Waals surface area (Å²) in [7, 11) is 1.42. The number of rotatable bonds is 10. The molecule has 0 aromatic carbocycles. The highest BCUT2D eigenvalue weighted by molar-refractivity contribution is 6.26. The van der Waals surface area contributed by atoms with Crippen LogP contribution in [0.2, 0.25) is 0 Å². The van der Waals surface area contributed by atoms with Crippen LogP contribution in [-0.2, 0) is 52.3 Å². The molecule has 1 spiro atoms. The number of allylic oxidation sites excluding steroid dienone is 4. The zero-order valence-corrected chi connectivity index (χ0v) is 48.9. The first-order valence-corrected chi connectivity index (χ1v) is 29.5. The van der Waals surface area contributed by atoms with E-state index in [-0.39, 0.29) is 73.6 Å². The van der Waals surface area contributed by atoms with Crippen molar-refractivity contribution in [2.75, 3.05) is 13.7 Å². The lowest BCUT2D eigenvalue weighted by Crippen LogP contribution is -2.62. The fourth-order valence-corrected chi connectivity index (χ4v) is 16.0. The number of esters is 1. The second-order valence-corrected chi connectivity index (χ2v) is 25.5. The summed E-state index contributed by atoms with van der Waals surface area (Å²) in [4.78, 5) is 44.3. The third kappa shape index (κ3) is 11.2. The van der Waals surface area contributed by atoms with Crippen LogP contribution in [0.4, 0.5) is 0 Å². The number of Topliss-reactive ketones (excluding diaryl/α,β-unsaturated/α-hetero) is 2. The summed E-state index contributed by atoms with van der Waals surface area (Å²) in [5.74, 6) is -5.41. The van der Waals surface area contributed by atoms with Gasteiger partial charge in [0.15, 0.2) is 24.5 Å². The van der Waals surface area contributed by atoms with Crippen molar-refractivity contribution < 1.29 is 88.0 Å².